The molecule has 3 aromatic rings. The van der Waals surface area contributed by atoms with Gasteiger partial charge in [0.2, 0.25) is 0 Å². The number of anilines is 1. The number of hydrogen-bond donors (Lipinski definition) is 1. The molecule has 0 saturated heterocycles. The summed E-state index contributed by atoms with van der Waals surface area (Å²) < 4.78 is 40.0. The Morgan fingerprint density at radius 2 is 1.83 bits per heavy atom. The van der Waals surface area contributed by atoms with Gasteiger partial charge < -0.3 is 9.88 Å². The van der Waals surface area contributed by atoms with Crippen molar-refractivity contribution in [1.29, 1.82) is 0 Å². The Labute approximate surface area is 173 Å². The van der Waals surface area contributed by atoms with Gasteiger partial charge in [0.1, 0.15) is 11.5 Å². The van der Waals surface area contributed by atoms with Crippen LogP contribution in [-0.4, -0.2) is 32.2 Å². The van der Waals surface area contributed by atoms with Crippen LogP contribution in [0, 0.1) is 6.92 Å². The first-order chi connectivity index (χ1) is 12.8. The number of alkyl halides is 3. The van der Waals surface area contributed by atoms with E-state index in [2.05, 4.69) is 15.1 Å². The molecule has 0 radical (unpaired) electrons. The molecule has 3 heterocycles. The molecular weight excluding hydrogens is 403 g/mol. The van der Waals surface area contributed by atoms with Crippen LogP contribution in [0.15, 0.2) is 36.7 Å². The van der Waals surface area contributed by atoms with Gasteiger partial charge in [-0.05, 0) is 38.1 Å². The Balaban J connectivity index is 0.00000150. The van der Waals surface area contributed by atoms with Gasteiger partial charge in [-0.15, -0.1) is 0 Å². The molecule has 6 nitrogen and oxygen atoms in total. The fourth-order valence-electron chi connectivity index (χ4n) is 3.27. The third-order valence-corrected chi connectivity index (χ3v) is 4.61. The van der Waals surface area contributed by atoms with E-state index in [4.69, 9.17) is 0 Å². The van der Waals surface area contributed by atoms with Crippen molar-refractivity contribution in [2.75, 3.05) is 11.4 Å². The average molecular weight is 425 g/mol. The number of nitrogens with zero attached hydrogens (tertiary/aromatic N) is 4. The number of nitrogens with one attached hydrogen (secondary N) is 1. The van der Waals surface area contributed by atoms with Crippen LogP contribution in [0.5, 0.6) is 0 Å². The number of halogens is 3. The summed E-state index contributed by atoms with van der Waals surface area (Å²) >= 11 is 0. The molecule has 0 spiro atoms. The molecule has 4 rings (SSSR count). The maximum atomic E-state index is 13.1. The zero-order valence-electron chi connectivity index (χ0n) is 15.1. The van der Waals surface area contributed by atoms with Gasteiger partial charge in [-0.3, -0.25) is 9.48 Å². The second kappa shape index (κ2) is 7.94. The van der Waals surface area contributed by atoms with E-state index in [1.807, 2.05) is 6.92 Å². The van der Waals surface area contributed by atoms with Crippen molar-refractivity contribution in [3.63, 3.8) is 0 Å². The Bertz CT molecular complexity index is 1010. The maximum absolute atomic E-state index is 13.1. The minimum atomic E-state index is -4.41. The molecule has 1 aliphatic heterocycles. The van der Waals surface area contributed by atoms with Crippen LogP contribution in [0.2, 0.25) is 0 Å². The number of carbonyl (C=O) groups is 1. The van der Waals surface area contributed by atoms with E-state index >= 15 is 0 Å². The van der Waals surface area contributed by atoms with Crippen molar-refractivity contribution in [2.45, 2.75) is 33.5 Å². The molecule has 1 amide bonds. The minimum Gasteiger partial charge on any atom is -0.342 e. The number of aromatic nitrogens is 4. The highest BCUT2D eigenvalue weighted by Crippen LogP contribution is 2.34. The topological polar surface area (TPSA) is 66.8 Å². The molecule has 0 unspecified atom stereocenters. The summed E-state index contributed by atoms with van der Waals surface area (Å²) in [4.78, 5) is 21.8. The van der Waals surface area contributed by atoms with E-state index in [0.717, 1.165) is 12.1 Å². The fraction of sp³-hybridized carbons (Fsp3) is 0.316. The number of amides is 1. The molecule has 2 aromatic heterocycles. The summed E-state index contributed by atoms with van der Waals surface area (Å²) in [5.74, 6) is 0.397. The Morgan fingerprint density at radius 3 is 2.38 bits per heavy atom. The Kier molecular flexibility index (Phi) is 6.17. The molecule has 0 bridgehead atoms. The van der Waals surface area contributed by atoms with Crippen molar-refractivity contribution in [2.24, 2.45) is 0 Å². The van der Waals surface area contributed by atoms with Gasteiger partial charge in [-0.25, -0.2) is 4.98 Å². The van der Waals surface area contributed by atoms with Crippen LogP contribution < -0.4 is 4.90 Å². The van der Waals surface area contributed by atoms with Gasteiger partial charge in [-0.2, -0.15) is 31.8 Å². The van der Waals surface area contributed by atoms with E-state index in [0.29, 0.717) is 35.0 Å². The third-order valence-electron chi connectivity index (χ3n) is 4.61. The molecule has 1 aliphatic rings. The van der Waals surface area contributed by atoms with Crippen molar-refractivity contribution in [1.82, 2.24) is 19.7 Å². The molecule has 0 aliphatic carbocycles. The highest BCUT2D eigenvalue weighted by atomic mass is 32.1. The zero-order chi connectivity index (χ0) is 19.3. The quantitative estimate of drug-likeness (QED) is 0.654. The van der Waals surface area contributed by atoms with Crippen LogP contribution in [0.3, 0.4) is 0 Å². The molecule has 1 N–H and O–H groups in total. The molecule has 0 fully saturated rings. The first-order valence-corrected chi connectivity index (χ1v) is 8.34. The third kappa shape index (κ3) is 3.89. The van der Waals surface area contributed by atoms with Gasteiger partial charge in [0.05, 0.1) is 35.3 Å². The Hall–Kier alpha value is -2.75. The largest absolute Gasteiger partial charge is 0.416 e. The zero-order valence-corrected chi connectivity index (χ0v) is 16.1. The summed E-state index contributed by atoms with van der Waals surface area (Å²) in [5, 5.41) is 4.32. The summed E-state index contributed by atoms with van der Waals surface area (Å²) in [6.45, 7) is 4.03. The average Bonchev–Trinajstić information content (AvgIpc) is 3.24. The Morgan fingerprint density at radius 1 is 1.17 bits per heavy atom. The number of aromatic amines is 1. The van der Waals surface area contributed by atoms with Crippen molar-refractivity contribution in [3.05, 3.63) is 53.7 Å². The number of aryl methyl sites for hydroxylation is 1. The van der Waals surface area contributed by atoms with Crippen LogP contribution in [0.4, 0.5) is 18.9 Å². The summed E-state index contributed by atoms with van der Waals surface area (Å²) in [6.07, 6.45) is -1.18. The highest BCUT2D eigenvalue weighted by molar-refractivity contribution is 7.59. The lowest BCUT2D eigenvalue weighted by molar-refractivity contribution is -0.137. The summed E-state index contributed by atoms with van der Waals surface area (Å²) in [5.41, 5.74) is 1.34. The number of imidazole rings is 1. The molecule has 0 saturated carbocycles. The molecule has 1 atom stereocenters. The smallest absolute Gasteiger partial charge is 0.342 e. The maximum Gasteiger partial charge on any atom is 0.416 e. The number of hydrogen-bond acceptors (Lipinski definition) is 3. The predicted octanol–water partition coefficient (Wildman–Crippen LogP) is 4.57. The van der Waals surface area contributed by atoms with Crippen LogP contribution in [-0.2, 0) is 6.18 Å². The monoisotopic (exact) mass is 425 g/mol. The summed E-state index contributed by atoms with van der Waals surface area (Å²) in [6, 6.07) is 4.48. The molecule has 29 heavy (non-hydrogen) atoms. The van der Waals surface area contributed by atoms with Crippen LogP contribution in [0.1, 0.15) is 42.3 Å². The second-order valence-electron chi connectivity index (χ2n) is 6.54. The van der Waals surface area contributed by atoms with Crippen LogP contribution >= 0.6 is 13.5 Å². The predicted molar refractivity (Wildman–Crippen MR) is 109 cm³/mol. The number of carbonyl (C=O) groups excluding carboxylic acids is 1. The number of rotatable bonds is 2. The standard InChI is InChI=1S/C18H16F3N5O.CH4.H2S/c1-10-9-25(13-5-3-12(4-6-13)18(19,20)21)17(27)16-14(7-23-26(10)16)15-8-22-11(2)24-15;;/h3-8,10H,9H2,1-2H3,(H,22,24);1H4;1H2/t10-;;/m0../s1. The minimum absolute atomic E-state index is 0. The van der Waals surface area contributed by atoms with Gasteiger partial charge in [0.15, 0.2) is 0 Å². The first-order valence-electron chi connectivity index (χ1n) is 8.34. The van der Waals surface area contributed by atoms with Gasteiger partial charge in [-0.1, -0.05) is 7.43 Å². The molecule has 156 valence electrons. The second-order valence-corrected chi connectivity index (χ2v) is 6.54. The first kappa shape index (κ1) is 22.5. The molecule has 10 heteroatoms. The van der Waals surface area contributed by atoms with Crippen molar-refractivity contribution in [3.8, 4) is 11.3 Å². The van der Waals surface area contributed by atoms with E-state index in [1.165, 1.54) is 17.0 Å². The molecular formula is C19H22F3N5OS. The highest BCUT2D eigenvalue weighted by Gasteiger charge is 2.35. The number of fused-ring (bicyclic) bond motifs is 1. The van der Waals surface area contributed by atoms with E-state index in [-0.39, 0.29) is 32.9 Å². The van der Waals surface area contributed by atoms with Crippen LogP contribution in [0.25, 0.3) is 11.3 Å². The van der Waals surface area contributed by atoms with E-state index < -0.39 is 11.7 Å². The lowest BCUT2D eigenvalue weighted by Crippen LogP contribution is -2.42. The fourth-order valence-corrected chi connectivity index (χ4v) is 3.27. The van der Waals surface area contributed by atoms with E-state index in [1.54, 1.807) is 24.0 Å². The number of H-pyrrole nitrogens is 1. The lowest BCUT2D eigenvalue weighted by atomic mass is 10.1. The molecule has 1 aromatic carbocycles. The lowest BCUT2D eigenvalue weighted by Gasteiger charge is -2.32. The number of benzene rings is 1. The van der Waals surface area contributed by atoms with Crippen molar-refractivity contribution < 1.29 is 18.0 Å². The normalized spacial score (nSPS) is 16.1. The van der Waals surface area contributed by atoms with Gasteiger partial charge >= 0.3 is 6.18 Å². The van der Waals surface area contributed by atoms with Gasteiger partial charge in [0, 0.05) is 12.2 Å². The van der Waals surface area contributed by atoms with Gasteiger partial charge in [0.25, 0.3) is 5.91 Å². The van der Waals surface area contributed by atoms with E-state index in [9.17, 15) is 18.0 Å². The summed E-state index contributed by atoms with van der Waals surface area (Å²) in [7, 11) is 0. The van der Waals surface area contributed by atoms with Crippen molar-refractivity contribution >= 4 is 25.1 Å². The SMILES string of the molecule is C.Cc1ncc(-c2cnn3c2C(=O)N(c2ccc(C(F)(F)F)cc2)C[C@@H]3C)[nH]1.S.